The molecule has 6 heteroatoms. The van der Waals surface area contributed by atoms with Crippen LogP contribution >= 0.6 is 50.5 Å². The Balaban J connectivity index is 4.19. The van der Waals surface area contributed by atoms with Crippen molar-refractivity contribution in [2.45, 2.75) is 8.66 Å². The predicted molar refractivity (Wildman–Crippen MR) is 50.1 cm³/mol. The lowest BCUT2D eigenvalue weighted by Crippen LogP contribution is -2.32. The number of hydrogen-bond donors (Lipinski definition) is 5. The van der Waals surface area contributed by atoms with E-state index in [9.17, 15) is 4.79 Å². The van der Waals surface area contributed by atoms with Crippen molar-refractivity contribution in [3.8, 4) is 0 Å². The van der Waals surface area contributed by atoms with Crippen LogP contribution in [0.1, 0.15) is 0 Å². The molecule has 0 aliphatic carbocycles. The summed E-state index contributed by atoms with van der Waals surface area (Å²) in [6, 6.07) is 0. The highest BCUT2D eigenvalue weighted by molar-refractivity contribution is 8.08. The first-order valence-electron chi connectivity index (χ1n) is 1.93. The molecule has 0 bridgehead atoms. The molecule has 0 saturated carbocycles. The molecule has 0 spiro atoms. The first-order valence-corrected chi connectivity index (χ1v) is 3.86. The quantitative estimate of drug-likeness (QED) is 0.340. The van der Waals surface area contributed by atoms with E-state index in [1.807, 2.05) is 0 Å². The number of carboxylic acid groups (broad SMARTS) is 1. The number of thiol groups is 4. The number of carbonyl (C=O) groups is 1. The van der Waals surface area contributed by atoms with Crippen LogP contribution in [-0.4, -0.2) is 19.7 Å². The second-order valence-electron chi connectivity index (χ2n) is 1.40. The fraction of sp³-hybridized carbons (Fsp3) is 0.667. The van der Waals surface area contributed by atoms with Crippen molar-refractivity contribution in [2.24, 2.45) is 0 Å². The van der Waals surface area contributed by atoms with E-state index in [0.717, 1.165) is 0 Å². The van der Waals surface area contributed by atoms with Gasteiger partial charge in [0, 0.05) is 0 Å². The summed E-state index contributed by atoms with van der Waals surface area (Å²) in [5.41, 5.74) is 0. The van der Waals surface area contributed by atoms with E-state index in [2.05, 4.69) is 50.5 Å². The molecule has 2 nitrogen and oxygen atoms in total. The summed E-state index contributed by atoms with van der Waals surface area (Å²) in [5.74, 6) is -1.15. The van der Waals surface area contributed by atoms with Gasteiger partial charge in [-0.1, -0.05) is 0 Å². The SMILES string of the molecule is O=C(O)C(S)(S)C(S)S. The van der Waals surface area contributed by atoms with Gasteiger partial charge in [-0.3, -0.25) is 0 Å². The lowest BCUT2D eigenvalue weighted by molar-refractivity contribution is -0.136. The molecule has 0 atom stereocenters. The van der Waals surface area contributed by atoms with Crippen LogP contribution in [0.4, 0.5) is 0 Å². The lowest BCUT2D eigenvalue weighted by atomic mass is 10.5. The molecule has 0 rings (SSSR count). The van der Waals surface area contributed by atoms with Gasteiger partial charge in [-0.05, 0) is 0 Å². The Bertz CT molecular complexity index is 121. The van der Waals surface area contributed by atoms with Gasteiger partial charge in [0.05, 0.1) is 4.58 Å². The van der Waals surface area contributed by atoms with Crippen LogP contribution in [0.25, 0.3) is 0 Å². The molecule has 0 unspecified atom stereocenters. The van der Waals surface area contributed by atoms with Gasteiger partial charge in [-0.25, -0.2) is 4.79 Å². The summed E-state index contributed by atoms with van der Waals surface area (Å²) in [6.07, 6.45) is 0. The average molecular weight is 202 g/mol. The molecular formula is C3H6O2S4. The molecule has 0 aliphatic rings. The van der Waals surface area contributed by atoms with E-state index in [0.29, 0.717) is 0 Å². The van der Waals surface area contributed by atoms with Gasteiger partial charge in [0.25, 0.3) is 0 Å². The van der Waals surface area contributed by atoms with Crippen LogP contribution in [0.2, 0.25) is 0 Å². The molecule has 9 heavy (non-hydrogen) atoms. The third-order valence-corrected chi connectivity index (χ3v) is 3.16. The largest absolute Gasteiger partial charge is 0.480 e. The summed E-state index contributed by atoms with van der Waals surface area (Å²) < 4.78 is -2.16. The fourth-order valence-corrected chi connectivity index (χ4v) is 0.331. The van der Waals surface area contributed by atoms with Crippen LogP contribution < -0.4 is 0 Å². The Morgan fingerprint density at radius 1 is 1.44 bits per heavy atom. The molecule has 0 radical (unpaired) electrons. The maximum atomic E-state index is 10.2. The van der Waals surface area contributed by atoms with Gasteiger partial charge in [0.2, 0.25) is 0 Å². The zero-order valence-electron chi connectivity index (χ0n) is 4.22. The summed E-state index contributed by atoms with van der Waals surface area (Å²) >= 11 is 14.9. The van der Waals surface area contributed by atoms with Crippen molar-refractivity contribution in [2.75, 3.05) is 0 Å². The Morgan fingerprint density at radius 3 is 1.78 bits per heavy atom. The highest BCUT2D eigenvalue weighted by atomic mass is 32.2. The van der Waals surface area contributed by atoms with Crippen LogP contribution in [0.3, 0.4) is 0 Å². The molecule has 0 aromatic heterocycles. The number of aliphatic carboxylic acids is 1. The van der Waals surface area contributed by atoms with Crippen LogP contribution in [0, 0.1) is 0 Å². The minimum atomic E-state index is -1.47. The van der Waals surface area contributed by atoms with Crippen molar-refractivity contribution in [1.29, 1.82) is 0 Å². The van der Waals surface area contributed by atoms with Crippen molar-refractivity contribution >= 4 is 56.5 Å². The van der Waals surface area contributed by atoms with E-state index in [-0.39, 0.29) is 0 Å². The van der Waals surface area contributed by atoms with Gasteiger partial charge in [-0.15, -0.1) is 25.3 Å². The maximum absolute atomic E-state index is 10.2. The Labute approximate surface area is 75.0 Å². The van der Waals surface area contributed by atoms with Crippen molar-refractivity contribution in [3.63, 3.8) is 0 Å². The van der Waals surface area contributed by atoms with E-state index in [1.54, 1.807) is 0 Å². The average Bonchev–Trinajstić information content (AvgIpc) is 1.65. The van der Waals surface area contributed by atoms with E-state index < -0.39 is 14.6 Å². The van der Waals surface area contributed by atoms with Crippen molar-refractivity contribution in [1.82, 2.24) is 0 Å². The number of hydrogen-bond acceptors (Lipinski definition) is 5. The number of carboxylic acids is 1. The zero-order chi connectivity index (χ0) is 7.65. The monoisotopic (exact) mass is 202 g/mol. The van der Waals surface area contributed by atoms with Crippen LogP contribution in [0.5, 0.6) is 0 Å². The Hall–Kier alpha value is 0.870. The summed E-state index contributed by atoms with van der Waals surface area (Å²) in [7, 11) is 0. The third kappa shape index (κ3) is 2.53. The normalized spacial score (nSPS) is 12.1. The topological polar surface area (TPSA) is 37.3 Å². The highest BCUT2D eigenvalue weighted by Gasteiger charge is 2.35. The van der Waals surface area contributed by atoms with Gasteiger partial charge < -0.3 is 5.11 Å². The van der Waals surface area contributed by atoms with Crippen LogP contribution in [0.15, 0.2) is 0 Å². The van der Waals surface area contributed by atoms with E-state index in [4.69, 9.17) is 5.11 Å². The first kappa shape index (κ1) is 9.87. The second kappa shape index (κ2) is 3.32. The van der Waals surface area contributed by atoms with E-state index >= 15 is 0 Å². The smallest absolute Gasteiger partial charge is 0.331 e. The Kier molecular flexibility index (Phi) is 3.64. The molecule has 1 N–H and O–H groups in total. The minimum Gasteiger partial charge on any atom is -0.480 e. The number of rotatable bonds is 2. The molecule has 0 heterocycles. The van der Waals surface area contributed by atoms with Gasteiger partial charge in [-0.2, -0.15) is 25.3 Å². The molecule has 0 saturated heterocycles. The molecule has 0 aliphatic heterocycles. The lowest BCUT2D eigenvalue weighted by Gasteiger charge is -2.19. The molecule has 0 amide bonds. The van der Waals surface area contributed by atoms with E-state index in [1.165, 1.54) is 0 Å². The third-order valence-electron chi connectivity index (χ3n) is 0.675. The van der Waals surface area contributed by atoms with Crippen molar-refractivity contribution in [3.05, 3.63) is 0 Å². The molecule has 0 fully saturated rings. The van der Waals surface area contributed by atoms with Crippen LogP contribution in [-0.2, 0) is 4.79 Å². The maximum Gasteiger partial charge on any atom is 0.331 e. The second-order valence-corrected chi connectivity index (χ2v) is 4.61. The van der Waals surface area contributed by atoms with Gasteiger partial charge in [0.15, 0.2) is 4.08 Å². The first-order chi connectivity index (χ1) is 3.89. The van der Waals surface area contributed by atoms with Crippen molar-refractivity contribution < 1.29 is 9.90 Å². The summed E-state index contributed by atoms with van der Waals surface area (Å²) in [5, 5.41) is 8.36. The van der Waals surface area contributed by atoms with Gasteiger partial charge in [0.1, 0.15) is 0 Å². The fourth-order valence-electron chi connectivity index (χ4n) is 0.110. The molecule has 0 aromatic carbocycles. The molecule has 0 aromatic rings. The Morgan fingerprint density at radius 2 is 1.78 bits per heavy atom. The van der Waals surface area contributed by atoms with Gasteiger partial charge >= 0.3 is 5.97 Å². The summed E-state index contributed by atoms with van der Waals surface area (Å²) in [6.45, 7) is 0. The zero-order valence-corrected chi connectivity index (χ0v) is 7.80. The molecule has 54 valence electrons. The minimum absolute atomic E-state index is 0.693. The summed E-state index contributed by atoms with van der Waals surface area (Å²) in [4.78, 5) is 10.2. The standard InChI is InChI=1S/C3H6O2S4/c4-1(5)3(8,9)2(6)7/h2,6-9H,(H,4,5). The highest BCUT2D eigenvalue weighted by Crippen LogP contribution is 2.30. The predicted octanol–water partition coefficient (Wildman–Crippen LogP) is 0.813. The molecular weight excluding hydrogens is 196 g/mol.